The minimum atomic E-state index is -0.236. The van der Waals surface area contributed by atoms with E-state index in [-0.39, 0.29) is 23.8 Å². The van der Waals surface area contributed by atoms with Crippen LogP contribution in [0, 0.1) is 6.92 Å². The summed E-state index contributed by atoms with van der Waals surface area (Å²) in [7, 11) is 0. The fourth-order valence-electron chi connectivity index (χ4n) is 3.49. The van der Waals surface area contributed by atoms with Crippen molar-refractivity contribution < 1.29 is 14.0 Å². The van der Waals surface area contributed by atoms with Gasteiger partial charge in [-0.2, -0.15) is 0 Å². The van der Waals surface area contributed by atoms with Gasteiger partial charge in [0, 0.05) is 24.9 Å². The number of Topliss-reactive ketones (excluding diaryl/α,β-unsaturated/α-hetero) is 1. The maximum Gasteiger partial charge on any atom is 0.258 e. The fourth-order valence-corrected chi connectivity index (χ4v) is 3.49. The minimum absolute atomic E-state index is 0.0313. The Labute approximate surface area is 137 Å². The van der Waals surface area contributed by atoms with E-state index in [0.29, 0.717) is 59.8 Å². The topological polar surface area (TPSA) is 96.3 Å². The highest BCUT2D eigenvalue weighted by Crippen LogP contribution is 2.28. The Morgan fingerprint density at radius 1 is 1.29 bits per heavy atom. The summed E-state index contributed by atoms with van der Waals surface area (Å²) < 4.78 is 5.44. The molecule has 0 saturated carbocycles. The number of rotatable bonds is 1. The van der Waals surface area contributed by atoms with Crippen LogP contribution in [0.1, 0.15) is 56.4 Å². The number of nitrogens with one attached hydrogen (secondary N) is 1. The molecule has 0 unspecified atom stereocenters. The zero-order valence-electron chi connectivity index (χ0n) is 13.3. The first kappa shape index (κ1) is 14.9. The number of hydrogen-bond donors (Lipinski definition) is 1. The molecule has 0 radical (unpaired) electrons. The third kappa shape index (κ3) is 2.28. The summed E-state index contributed by atoms with van der Waals surface area (Å²) >= 11 is 0. The van der Waals surface area contributed by atoms with Crippen LogP contribution in [0.2, 0.25) is 0 Å². The van der Waals surface area contributed by atoms with Crippen molar-refractivity contribution in [3.05, 3.63) is 50.6 Å². The van der Waals surface area contributed by atoms with E-state index in [1.807, 2.05) is 0 Å². The molecule has 7 heteroatoms. The number of fused-ring (bicyclic) bond motifs is 2. The van der Waals surface area contributed by atoms with Gasteiger partial charge < -0.3 is 14.3 Å². The standard InChI is InChI=1S/C17H17N3O4/c1-9-18-12-7-20(6-5-10(12)16(22)19-9)17(23)11-8-24-14-4-2-3-13(21)15(11)14/h8H,2-7H2,1H3,(H,18,19,22). The molecule has 1 aliphatic carbocycles. The molecular formula is C17H17N3O4. The summed E-state index contributed by atoms with van der Waals surface area (Å²) in [5, 5.41) is 0. The number of furan rings is 1. The molecule has 2 aromatic heterocycles. The molecule has 0 atom stereocenters. The Morgan fingerprint density at radius 3 is 2.96 bits per heavy atom. The predicted molar refractivity (Wildman–Crippen MR) is 84.0 cm³/mol. The van der Waals surface area contributed by atoms with E-state index in [0.717, 1.165) is 6.42 Å². The molecular weight excluding hydrogens is 310 g/mol. The average Bonchev–Trinajstić information content (AvgIpc) is 2.99. The fraction of sp³-hybridized carbons (Fsp3) is 0.412. The summed E-state index contributed by atoms with van der Waals surface area (Å²) in [5.41, 5.74) is 1.89. The molecule has 0 bridgehead atoms. The molecule has 2 aliphatic rings. The van der Waals surface area contributed by atoms with E-state index in [4.69, 9.17) is 4.42 Å². The summed E-state index contributed by atoms with van der Waals surface area (Å²) in [4.78, 5) is 45.6. The molecule has 0 fully saturated rings. The number of amides is 1. The van der Waals surface area contributed by atoms with Crippen LogP contribution in [-0.4, -0.2) is 33.1 Å². The van der Waals surface area contributed by atoms with Crippen LogP contribution in [0.4, 0.5) is 0 Å². The van der Waals surface area contributed by atoms with E-state index >= 15 is 0 Å². The maximum absolute atomic E-state index is 12.9. The highest BCUT2D eigenvalue weighted by Gasteiger charge is 2.32. The highest BCUT2D eigenvalue weighted by atomic mass is 16.3. The highest BCUT2D eigenvalue weighted by molar-refractivity contribution is 6.09. The summed E-state index contributed by atoms with van der Waals surface area (Å²) in [6.07, 6.45) is 3.75. The molecule has 0 spiro atoms. The lowest BCUT2D eigenvalue weighted by Crippen LogP contribution is -2.39. The molecule has 7 nitrogen and oxygen atoms in total. The monoisotopic (exact) mass is 327 g/mol. The Kier molecular flexibility index (Phi) is 3.37. The van der Waals surface area contributed by atoms with Gasteiger partial charge in [-0.25, -0.2) is 4.98 Å². The molecule has 0 saturated heterocycles. The van der Waals surface area contributed by atoms with Crippen LogP contribution in [0.3, 0.4) is 0 Å². The van der Waals surface area contributed by atoms with Crippen molar-refractivity contribution >= 4 is 11.7 Å². The molecule has 1 N–H and O–H groups in total. The molecule has 1 aliphatic heterocycles. The number of aryl methyl sites for hydroxylation is 2. The Morgan fingerprint density at radius 2 is 2.12 bits per heavy atom. The van der Waals surface area contributed by atoms with E-state index < -0.39 is 0 Å². The van der Waals surface area contributed by atoms with Crippen molar-refractivity contribution in [1.82, 2.24) is 14.9 Å². The van der Waals surface area contributed by atoms with Gasteiger partial charge in [0.05, 0.1) is 23.4 Å². The molecule has 3 heterocycles. The van der Waals surface area contributed by atoms with Gasteiger partial charge in [0.25, 0.3) is 11.5 Å². The van der Waals surface area contributed by atoms with Gasteiger partial charge in [0.1, 0.15) is 17.8 Å². The third-order valence-electron chi connectivity index (χ3n) is 4.66. The second-order valence-corrected chi connectivity index (χ2v) is 6.28. The lowest BCUT2D eigenvalue weighted by Gasteiger charge is -2.27. The average molecular weight is 327 g/mol. The van der Waals surface area contributed by atoms with Crippen molar-refractivity contribution in [1.29, 1.82) is 0 Å². The van der Waals surface area contributed by atoms with Crippen molar-refractivity contribution in [2.45, 2.75) is 39.2 Å². The van der Waals surface area contributed by atoms with E-state index in [2.05, 4.69) is 9.97 Å². The van der Waals surface area contributed by atoms with E-state index in [9.17, 15) is 14.4 Å². The van der Waals surface area contributed by atoms with E-state index in [1.54, 1.807) is 11.8 Å². The van der Waals surface area contributed by atoms with Crippen molar-refractivity contribution in [3.63, 3.8) is 0 Å². The predicted octanol–water partition coefficient (Wildman–Crippen LogP) is 1.39. The van der Waals surface area contributed by atoms with Crippen molar-refractivity contribution in [2.75, 3.05) is 6.54 Å². The normalized spacial score (nSPS) is 16.7. The summed E-state index contributed by atoms with van der Waals surface area (Å²) in [5.74, 6) is 0.873. The number of aromatic amines is 1. The first-order chi connectivity index (χ1) is 11.5. The van der Waals surface area contributed by atoms with Crippen LogP contribution < -0.4 is 5.56 Å². The number of carbonyl (C=O) groups is 2. The second kappa shape index (κ2) is 5.43. The van der Waals surface area contributed by atoms with Gasteiger partial charge in [0.15, 0.2) is 5.78 Å². The van der Waals surface area contributed by atoms with Gasteiger partial charge in [-0.05, 0) is 19.8 Å². The number of carbonyl (C=O) groups excluding carboxylic acids is 2. The zero-order valence-corrected chi connectivity index (χ0v) is 13.3. The van der Waals surface area contributed by atoms with Gasteiger partial charge in [-0.3, -0.25) is 14.4 Å². The lowest BCUT2D eigenvalue weighted by atomic mass is 9.93. The van der Waals surface area contributed by atoms with Gasteiger partial charge >= 0.3 is 0 Å². The number of H-pyrrole nitrogens is 1. The number of aromatic nitrogens is 2. The number of hydrogen-bond acceptors (Lipinski definition) is 5. The SMILES string of the molecule is Cc1nc2c(c(=O)[nH]1)CCN(C(=O)c1coc3c1C(=O)CCC3)C2. The Balaban J connectivity index is 1.66. The molecule has 1 amide bonds. The quantitative estimate of drug-likeness (QED) is 0.854. The Hall–Kier alpha value is -2.70. The second-order valence-electron chi connectivity index (χ2n) is 6.28. The number of nitrogens with zero attached hydrogens (tertiary/aromatic N) is 2. The third-order valence-corrected chi connectivity index (χ3v) is 4.66. The van der Waals surface area contributed by atoms with Crippen molar-refractivity contribution in [3.8, 4) is 0 Å². The van der Waals surface area contributed by atoms with Crippen LogP contribution in [0.5, 0.6) is 0 Å². The largest absolute Gasteiger partial charge is 0.468 e. The molecule has 124 valence electrons. The van der Waals surface area contributed by atoms with Gasteiger partial charge in [0.2, 0.25) is 0 Å². The zero-order chi connectivity index (χ0) is 16.8. The summed E-state index contributed by atoms with van der Waals surface area (Å²) in [6, 6.07) is 0. The van der Waals surface area contributed by atoms with Crippen LogP contribution in [0.25, 0.3) is 0 Å². The number of ketones is 1. The molecule has 4 rings (SSSR count). The van der Waals surface area contributed by atoms with Gasteiger partial charge in [-0.1, -0.05) is 0 Å². The lowest BCUT2D eigenvalue weighted by molar-refractivity contribution is 0.0725. The van der Waals surface area contributed by atoms with Crippen LogP contribution in [-0.2, 0) is 19.4 Å². The Bertz CT molecular complexity index is 909. The maximum atomic E-state index is 12.9. The molecule has 2 aromatic rings. The van der Waals surface area contributed by atoms with Crippen molar-refractivity contribution in [2.24, 2.45) is 0 Å². The first-order valence-corrected chi connectivity index (χ1v) is 8.06. The molecule has 0 aromatic carbocycles. The van der Waals surface area contributed by atoms with E-state index in [1.165, 1.54) is 6.26 Å². The molecule has 24 heavy (non-hydrogen) atoms. The van der Waals surface area contributed by atoms with Gasteiger partial charge in [-0.15, -0.1) is 0 Å². The van der Waals surface area contributed by atoms with Crippen LogP contribution in [0.15, 0.2) is 15.5 Å². The van der Waals surface area contributed by atoms with Crippen LogP contribution >= 0.6 is 0 Å². The smallest absolute Gasteiger partial charge is 0.258 e. The minimum Gasteiger partial charge on any atom is -0.468 e. The first-order valence-electron chi connectivity index (χ1n) is 8.06. The summed E-state index contributed by atoms with van der Waals surface area (Å²) in [6.45, 7) is 2.41.